The summed E-state index contributed by atoms with van der Waals surface area (Å²) in [5, 5.41) is 1.06. The highest BCUT2D eigenvalue weighted by Crippen LogP contribution is 2.42. The van der Waals surface area contributed by atoms with Crippen molar-refractivity contribution in [3.05, 3.63) is 72.6 Å². The Hall–Kier alpha value is -2.99. The minimum absolute atomic E-state index is 0.232. The SMILES string of the molecule is NC1(c2ccc(F)cc2)CCCC(n2ccnc2-c2ccnc3[nH]ccc23)C1. The maximum absolute atomic E-state index is 13.4. The lowest BCUT2D eigenvalue weighted by molar-refractivity contribution is 0.228. The van der Waals surface area contributed by atoms with Gasteiger partial charge in [-0.1, -0.05) is 12.1 Å². The van der Waals surface area contributed by atoms with Crippen molar-refractivity contribution in [2.24, 2.45) is 5.73 Å². The van der Waals surface area contributed by atoms with Gasteiger partial charge < -0.3 is 15.3 Å². The van der Waals surface area contributed by atoms with Crippen LogP contribution in [0.3, 0.4) is 0 Å². The highest BCUT2D eigenvalue weighted by Gasteiger charge is 2.35. The van der Waals surface area contributed by atoms with E-state index >= 15 is 0 Å². The van der Waals surface area contributed by atoms with E-state index < -0.39 is 5.54 Å². The number of rotatable bonds is 3. The molecule has 3 aromatic heterocycles. The van der Waals surface area contributed by atoms with Crippen molar-refractivity contribution >= 4 is 11.0 Å². The summed E-state index contributed by atoms with van der Waals surface area (Å²) in [6, 6.07) is 10.9. The van der Waals surface area contributed by atoms with Crippen LogP contribution in [0, 0.1) is 5.82 Å². The molecular formula is C22H22FN5. The number of nitrogens with zero attached hydrogens (tertiary/aromatic N) is 3. The third kappa shape index (κ3) is 2.81. The summed E-state index contributed by atoms with van der Waals surface area (Å²) < 4.78 is 15.6. The van der Waals surface area contributed by atoms with E-state index in [1.165, 1.54) is 12.1 Å². The fourth-order valence-corrected chi connectivity index (χ4v) is 4.53. The van der Waals surface area contributed by atoms with Crippen molar-refractivity contribution in [2.75, 3.05) is 0 Å². The van der Waals surface area contributed by atoms with Gasteiger partial charge in [-0.15, -0.1) is 0 Å². The summed E-state index contributed by atoms with van der Waals surface area (Å²) in [6.45, 7) is 0. The standard InChI is InChI=1S/C22H22FN5/c23-16-5-3-15(4-6-16)22(24)9-1-2-17(14-22)28-13-12-27-21(28)19-8-11-26-20-18(19)7-10-25-20/h3-8,10-13,17H,1-2,9,14,24H2,(H,25,26). The summed E-state index contributed by atoms with van der Waals surface area (Å²) in [4.78, 5) is 12.2. The van der Waals surface area contributed by atoms with Gasteiger partial charge in [-0.05, 0) is 55.5 Å². The van der Waals surface area contributed by atoms with Crippen LogP contribution in [0.4, 0.5) is 4.39 Å². The van der Waals surface area contributed by atoms with Crippen LogP contribution in [0.15, 0.2) is 61.2 Å². The van der Waals surface area contributed by atoms with Gasteiger partial charge in [0.05, 0.1) is 0 Å². The topological polar surface area (TPSA) is 72.5 Å². The van der Waals surface area contributed by atoms with Gasteiger partial charge in [0.1, 0.15) is 17.3 Å². The van der Waals surface area contributed by atoms with Gasteiger partial charge >= 0.3 is 0 Å². The lowest BCUT2D eigenvalue weighted by atomic mass is 9.75. The van der Waals surface area contributed by atoms with Gasteiger partial charge in [-0.3, -0.25) is 0 Å². The Kier molecular flexibility index (Phi) is 4.02. The van der Waals surface area contributed by atoms with Crippen LogP contribution in [-0.4, -0.2) is 19.5 Å². The molecule has 4 aromatic rings. The van der Waals surface area contributed by atoms with Crippen molar-refractivity contribution in [3.63, 3.8) is 0 Å². The van der Waals surface area contributed by atoms with Crippen molar-refractivity contribution in [1.82, 2.24) is 19.5 Å². The maximum atomic E-state index is 13.4. The molecule has 1 aliphatic carbocycles. The van der Waals surface area contributed by atoms with Crippen LogP contribution in [0.5, 0.6) is 0 Å². The van der Waals surface area contributed by atoms with Crippen molar-refractivity contribution in [3.8, 4) is 11.4 Å². The molecule has 3 heterocycles. The number of H-pyrrole nitrogens is 1. The minimum atomic E-state index is -0.459. The molecule has 0 spiro atoms. The monoisotopic (exact) mass is 375 g/mol. The number of imidazole rings is 1. The number of halogens is 1. The molecule has 1 aliphatic rings. The molecule has 1 saturated carbocycles. The predicted molar refractivity (Wildman–Crippen MR) is 107 cm³/mol. The normalized spacial score (nSPS) is 22.6. The van der Waals surface area contributed by atoms with Crippen LogP contribution in [0.1, 0.15) is 37.3 Å². The smallest absolute Gasteiger partial charge is 0.140 e. The Bertz CT molecular complexity index is 1110. The van der Waals surface area contributed by atoms with Crippen LogP contribution >= 0.6 is 0 Å². The Morgan fingerprint density at radius 2 is 1.96 bits per heavy atom. The molecule has 28 heavy (non-hydrogen) atoms. The first kappa shape index (κ1) is 17.1. The largest absolute Gasteiger partial charge is 0.346 e. The van der Waals surface area contributed by atoms with Crippen molar-refractivity contribution < 1.29 is 4.39 Å². The first-order valence-electron chi connectivity index (χ1n) is 9.64. The highest BCUT2D eigenvalue weighted by molar-refractivity contribution is 5.90. The molecule has 3 N–H and O–H groups in total. The fourth-order valence-electron chi connectivity index (χ4n) is 4.53. The number of pyridine rings is 1. The maximum Gasteiger partial charge on any atom is 0.140 e. The average molecular weight is 375 g/mol. The number of aromatic nitrogens is 4. The number of hydrogen-bond donors (Lipinski definition) is 2. The van der Waals surface area contributed by atoms with E-state index in [0.717, 1.165) is 53.7 Å². The van der Waals surface area contributed by atoms with Crippen molar-refractivity contribution in [2.45, 2.75) is 37.3 Å². The zero-order valence-corrected chi connectivity index (χ0v) is 15.5. The number of benzene rings is 1. The first-order valence-corrected chi connectivity index (χ1v) is 9.64. The Balaban J connectivity index is 1.52. The molecule has 0 amide bonds. The Morgan fingerprint density at radius 1 is 1.11 bits per heavy atom. The zero-order valence-electron chi connectivity index (χ0n) is 15.5. The second kappa shape index (κ2) is 6.56. The quantitative estimate of drug-likeness (QED) is 0.552. The molecule has 0 aliphatic heterocycles. The Labute approximate surface area is 162 Å². The molecule has 5 nitrogen and oxygen atoms in total. The number of nitrogens with two attached hydrogens (primary N) is 1. The lowest BCUT2D eigenvalue weighted by Gasteiger charge is -2.39. The molecule has 2 unspecified atom stereocenters. The average Bonchev–Trinajstić information content (AvgIpc) is 3.37. The predicted octanol–water partition coefficient (Wildman–Crippen LogP) is 4.53. The zero-order chi connectivity index (χ0) is 19.1. The van der Waals surface area contributed by atoms with Crippen LogP contribution in [0.2, 0.25) is 0 Å². The van der Waals surface area contributed by atoms with Gasteiger partial charge in [0.25, 0.3) is 0 Å². The van der Waals surface area contributed by atoms with E-state index in [0.29, 0.717) is 0 Å². The number of nitrogens with one attached hydrogen (secondary N) is 1. The van der Waals surface area contributed by atoms with Gasteiger partial charge in [-0.25, -0.2) is 14.4 Å². The van der Waals surface area contributed by atoms with Crippen LogP contribution in [-0.2, 0) is 5.54 Å². The van der Waals surface area contributed by atoms with E-state index in [-0.39, 0.29) is 11.9 Å². The molecule has 1 fully saturated rings. The van der Waals surface area contributed by atoms with E-state index in [4.69, 9.17) is 5.73 Å². The van der Waals surface area contributed by atoms with Crippen LogP contribution < -0.4 is 5.73 Å². The molecular weight excluding hydrogens is 353 g/mol. The van der Waals surface area contributed by atoms with E-state index in [1.54, 1.807) is 6.20 Å². The summed E-state index contributed by atoms with van der Waals surface area (Å²) in [7, 11) is 0. The molecule has 0 radical (unpaired) electrons. The summed E-state index contributed by atoms with van der Waals surface area (Å²) in [6.07, 6.45) is 11.3. The molecule has 142 valence electrons. The van der Waals surface area contributed by atoms with Gasteiger partial charge in [0.15, 0.2) is 0 Å². The molecule has 1 aromatic carbocycles. The summed E-state index contributed by atoms with van der Waals surface area (Å²) in [5.41, 5.74) is 9.28. The third-order valence-corrected chi connectivity index (χ3v) is 5.94. The molecule has 2 atom stereocenters. The minimum Gasteiger partial charge on any atom is -0.346 e. The Morgan fingerprint density at radius 3 is 2.82 bits per heavy atom. The van der Waals surface area contributed by atoms with E-state index in [1.807, 2.05) is 42.9 Å². The van der Waals surface area contributed by atoms with Gasteiger partial charge in [-0.2, -0.15) is 0 Å². The molecule has 6 heteroatoms. The fraction of sp³-hybridized carbons (Fsp3) is 0.273. The molecule has 0 bridgehead atoms. The second-order valence-corrected chi connectivity index (χ2v) is 7.67. The van der Waals surface area contributed by atoms with E-state index in [9.17, 15) is 4.39 Å². The third-order valence-electron chi connectivity index (χ3n) is 5.94. The summed E-state index contributed by atoms with van der Waals surface area (Å²) in [5.74, 6) is 0.699. The van der Waals surface area contributed by atoms with Crippen LogP contribution in [0.25, 0.3) is 22.4 Å². The number of fused-ring (bicyclic) bond motifs is 1. The lowest BCUT2D eigenvalue weighted by Crippen LogP contribution is -2.42. The summed E-state index contributed by atoms with van der Waals surface area (Å²) >= 11 is 0. The van der Waals surface area contributed by atoms with E-state index in [2.05, 4.69) is 19.5 Å². The van der Waals surface area contributed by atoms with Gasteiger partial charge in [0.2, 0.25) is 0 Å². The first-order chi connectivity index (χ1) is 13.6. The number of aromatic amines is 1. The second-order valence-electron chi connectivity index (χ2n) is 7.67. The molecule has 0 saturated heterocycles. The highest BCUT2D eigenvalue weighted by atomic mass is 19.1. The number of hydrogen-bond acceptors (Lipinski definition) is 3. The molecule has 5 rings (SSSR count). The van der Waals surface area contributed by atoms with Gasteiger partial charge in [0, 0.05) is 47.3 Å². The van der Waals surface area contributed by atoms with Crippen molar-refractivity contribution in [1.29, 1.82) is 0 Å².